The monoisotopic (exact) mass is 259 g/mol. The molecule has 0 saturated heterocycles. The molecule has 0 unspecified atom stereocenters. The van der Waals surface area contributed by atoms with Gasteiger partial charge < -0.3 is 0 Å². The van der Waals surface area contributed by atoms with Crippen molar-refractivity contribution in [2.45, 2.75) is 18.8 Å². The van der Waals surface area contributed by atoms with Gasteiger partial charge in [0.1, 0.15) is 5.82 Å². The summed E-state index contributed by atoms with van der Waals surface area (Å²) < 4.78 is 13.3. The second kappa shape index (κ2) is 3.31. The van der Waals surface area contributed by atoms with Gasteiger partial charge in [0.15, 0.2) is 0 Å². The number of hydrogen-bond donors (Lipinski definition) is 0. The zero-order chi connectivity index (χ0) is 10.3. The van der Waals surface area contributed by atoms with Crippen molar-refractivity contribution in [3.05, 3.63) is 38.1 Å². The van der Waals surface area contributed by atoms with Crippen LogP contribution in [0.15, 0.2) is 16.6 Å². The average molecular weight is 260 g/mol. The van der Waals surface area contributed by atoms with Crippen LogP contribution in [0, 0.1) is 15.9 Å². The second-order valence-corrected chi connectivity index (χ2v) is 4.21. The normalized spacial score (nSPS) is 15.6. The maximum Gasteiger partial charge on any atom is 0.274 e. The van der Waals surface area contributed by atoms with Gasteiger partial charge in [-0.3, -0.25) is 10.1 Å². The van der Waals surface area contributed by atoms with Crippen molar-refractivity contribution in [3.63, 3.8) is 0 Å². The van der Waals surface area contributed by atoms with Crippen molar-refractivity contribution in [1.29, 1.82) is 0 Å². The molecule has 1 aliphatic carbocycles. The predicted molar refractivity (Wildman–Crippen MR) is 52.7 cm³/mol. The van der Waals surface area contributed by atoms with Gasteiger partial charge in [-0.25, -0.2) is 4.39 Å². The van der Waals surface area contributed by atoms with Crippen molar-refractivity contribution in [2.24, 2.45) is 0 Å². The van der Waals surface area contributed by atoms with E-state index >= 15 is 0 Å². The van der Waals surface area contributed by atoms with E-state index in [1.807, 2.05) is 0 Å². The summed E-state index contributed by atoms with van der Waals surface area (Å²) in [5, 5.41) is 10.7. The molecule has 1 aromatic rings. The van der Waals surface area contributed by atoms with Crippen LogP contribution in [-0.4, -0.2) is 4.92 Å². The Labute approximate surface area is 88.2 Å². The summed E-state index contributed by atoms with van der Waals surface area (Å²) in [4.78, 5) is 10.2. The van der Waals surface area contributed by atoms with Crippen LogP contribution in [0.2, 0.25) is 0 Å². The zero-order valence-electron chi connectivity index (χ0n) is 7.17. The minimum Gasteiger partial charge on any atom is -0.258 e. The molecule has 14 heavy (non-hydrogen) atoms. The molecule has 0 bridgehead atoms. The van der Waals surface area contributed by atoms with Crippen LogP contribution in [0.5, 0.6) is 0 Å². The van der Waals surface area contributed by atoms with Gasteiger partial charge >= 0.3 is 0 Å². The Kier molecular flexibility index (Phi) is 2.26. The highest BCUT2D eigenvalue weighted by Crippen LogP contribution is 2.45. The van der Waals surface area contributed by atoms with Crippen LogP contribution in [-0.2, 0) is 0 Å². The van der Waals surface area contributed by atoms with Crippen LogP contribution in [0.25, 0.3) is 0 Å². The van der Waals surface area contributed by atoms with E-state index in [9.17, 15) is 14.5 Å². The second-order valence-electron chi connectivity index (χ2n) is 3.36. The maximum atomic E-state index is 13.1. The molecule has 1 fully saturated rings. The smallest absolute Gasteiger partial charge is 0.258 e. The molecule has 1 aliphatic rings. The molecule has 74 valence electrons. The average Bonchev–Trinajstić information content (AvgIpc) is 2.91. The summed E-state index contributed by atoms with van der Waals surface area (Å²) in [5.41, 5.74) is 0.538. The summed E-state index contributed by atoms with van der Waals surface area (Å²) >= 11 is 2.94. The van der Waals surface area contributed by atoms with Gasteiger partial charge in [-0.15, -0.1) is 0 Å². The Morgan fingerprint density at radius 1 is 1.50 bits per heavy atom. The lowest BCUT2D eigenvalue weighted by atomic mass is 10.1. The van der Waals surface area contributed by atoms with Gasteiger partial charge in [-0.2, -0.15) is 0 Å². The fourth-order valence-electron chi connectivity index (χ4n) is 1.43. The van der Waals surface area contributed by atoms with E-state index in [1.165, 1.54) is 12.1 Å². The van der Waals surface area contributed by atoms with E-state index in [-0.39, 0.29) is 16.1 Å². The minimum absolute atomic E-state index is 0.0146. The minimum atomic E-state index is -0.460. The van der Waals surface area contributed by atoms with Crippen molar-refractivity contribution < 1.29 is 9.31 Å². The molecule has 5 heteroatoms. The van der Waals surface area contributed by atoms with Gasteiger partial charge in [0, 0.05) is 11.6 Å². The van der Waals surface area contributed by atoms with Crippen molar-refractivity contribution in [1.82, 2.24) is 0 Å². The fourth-order valence-corrected chi connectivity index (χ4v) is 1.76. The third-order valence-corrected chi connectivity index (χ3v) is 2.89. The van der Waals surface area contributed by atoms with E-state index in [2.05, 4.69) is 15.9 Å². The van der Waals surface area contributed by atoms with Crippen LogP contribution >= 0.6 is 15.9 Å². The van der Waals surface area contributed by atoms with Gasteiger partial charge in [0.2, 0.25) is 0 Å². The van der Waals surface area contributed by atoms with Gasteiger partial charge in [0.25, 0.3) is 5.69 Å². The van der Waals surface area contributed by atoms with Crippen LogP contribution < -0.4 is 0 Å². The lowest BCUT2D eigenvalue weighted by Gasteiger charge is -2.02. The maximum absolute atomic E-state index is 13.1. The molecule has 0 radical (unpaired) electrons. The zero-order valence-corrected chi connectivity index (χ0v) is 8.75. The Bertz CT molecular complexity index is 404. The van der Waals surface area contributed by atoms with Crippen molar-refractivity contribution >= 4 is 21.6 Å². The summed E-state index contributed by atoms with van der Waals surface area (Å²) in [5.74, 6) is -0.254. The molecule has 2 rings (SSSR count). The highest BCUT2D eigenvalue weighted by atomic mass is 79.9. The Balaban J connectivity index is 2.54. The Morgan fingerprint density at radius 3 is 2.64 bits per heavy atom. The number of benzene rings is 1. The topological polar surface area (TPSA) is 43.1 Å². The lowest BCUT2D eigenvalue weighted by molar-refractivity contribution is -0.385. The SMILES string of the molecule is O=[N+]([O-])c1cc(Br)c(F)cc1C1CC1. The molecular formula is C9H7BrFNO2. The summed E-state index contributed by atoms with van der Waals surface area (Å²) in [6.07, 6.45) is 1.84. The molecule has 0 N–H and O–H groups in total. The number of nitro benzene ring substituents is 1. The van der Waals surface area contributed by atoms with E-state index < -0.39 is 10.7 Å². The van der Waals surface area contributed by atoms with Gasteiger partial charge in [0.05, 0.1) is 9.40 Å². The number of halogens is 2. The van der Waals surface area contributed by atoms with Crippen molar-refractivity contribution in [3.8, 4) is 0 Å². The highest BCUT2D eigenvalue weighted by molar-refractivity contribution is 9.10. The lowest BCUT2D eigenvalue weighted by Crippen LogP contribution is -1.95. The fraction of sp³-hybridized carbons (Fsp3) is 0.333. The van der Waals surface area contributed by atoms with Crippen LogP contribution in [0.3, 0.4) is 0 Å². The van der Waals surface area contributed by atoms with E-state index in [1.54, 1.807) is 0 Å². The molecule has 0 aliphatic heterocycles. The largest absolute Gasteiger partial charge is 0.274 e. The summed E-state index contributed by atoms with van der Waals surface area (Å²) in [6.45, 7) is 0. The first-order chi connectivity index (χ1) is 6.59. The van der Waals surface area contributed by atoms with Crippen LogP contribution in [0.4, 0.5) is 10.1 Å². The van der Waals surface area contributed by atoms with Crippen molar-refractivity contribution in [2.75, 3.05) is 0 Å². The third kappa shape index (κ3) is 1.64. The molecule has 0 atom stereocenters. The molecule has 0 aromatic heterocycles. The first kappa shape index (κ1) is 9.58. The number of rotatable bonds is 2. The Morgan fingerprint density at radius 2 is 2.14 bits per heavy atom. The standard InChI is InChI=1S/C9H7BrFNO2/c10-7-4-9(12(13)14)6(3-8(7)11)5-1-2-5/h3-5H,1-2H2. The quantitative estimate of drug-likeness (QED) is 0.604. The number of nitro groups is 1. The molecule has 3 nitrogen and oxygen atoms in total. The molecular weight excluding hydrogens is 253 g/mol. The highest BCUT2D eigenvalue weighted by Gasteiger charge is 2.31. The predicted octanol–water partition coefficient (Wildman–Crippen LogP) is 3.37. The molecule has 0 heterocycles. The molecule has 0 spiro atoms. The molecule has 1 saturated carbocycles. The van der Waals surface area contributed by atoms with Crippen LogP contribution in [0.1, 0.15) is 24.3 Å². The first-order valence-corrected chi connectivity index (χ1v) is 5.02. The first-order valence-electron chi connectivity index (χ1n) is 4.23. The third-order valence-electron chi connectivity index (χ3n) is 2.28. The van der Waals surface area contributed by atoms with Gasteiger partial charge in [-0.05, 0) is 40.8 Å². The number of nitrogens with zero attached hydrogens (tertiary/aromatic N) is 1. The summed E-state index contributed by atoms with van der Waals surface area (Å²) in [7, 11) is 0. The van der Waals surface area contributed by atoms with E-state index in [0.29, 0.717) is 5.56 Å². The summed E-state index contributed by atoms with van der Waals surface area (Å²) in [6, 6.07) is 2.50. The molecule has 1 aromatic carbocycles. The van der Waals surface area contributed by atoms with E-state index in [0.717, 1.165) is 12.8 Å². The Hall–Kier alpha value is -0.970. The number of hydrogen-bond acceptors (Lipinski definition) is 2. The van der Waals surface area contributed by atoms with Gasteiger partial charge in [-0.1, -0.05) is 0 Å². The molecule has 0 amide bonds. The van der Waals surface area contributed by atoms with E-state index in [4.69, 9.17) is 0 Å².